The first kappa shape index (κ1) is 14.3. The van der Waals surface area contributed by atoms with Crippen LogP contribution in [0, 0.1) is 21.4 Å². The molecule has 23 heavy (non-hydrogen) atoms. The SMILES string of the molecule is N#Cc1c(-c2ccco2)cc(-c2cccc([N+](=O)[O-])c2)nc1N. The van der Waals surface area contributed by atoms with E-state index in [1.54, 1.807) is 30.3 Å². The number of nitrogens with zero attached hydrogens (tertiary/aromatic N) is 3. The molecular weight excluding hydrogens is 296 g/mol. The molecule has 3 rings (SSSR count). The summed E-state index contributed by atoms with van der Waals surface area (Å²) in [5.74, 6) is 0.519. The predicted octanol–water partition coefficient (Wildman–Crippen LogP) is 3.37. The van der Waals surface area contributed by atoms with Gasteiger partial charge in [0.15, 0.2) is 0 Å². The lowest BCUT2D eigenvalue weighted by Crippen LogP contribution is -1.99. The summed E-state index contributed by atoms with van der Waals surface area (Å²) in [7, 11) is 0. The average Bonchev–Trinajstić information content (AvgIpc) is 3.08. The highest BCUT2D eigenvalue weighted by molar-refractivity contribution is 5.78. The Hall–Kier alpha value is -3.66. The second-order valence-corrected chi connectivity index (χ2v) is 4.71. The molecule has 2 N–H and O–H groups in total. The second-order valence-electron chi connectivity index (χ2n) is 4.71. The van der Waals surface area contributed by atoms with Crippen molar-refractivity contribution in [2.75, 3.05) is 5.73 Å². The molecule has 0 bridgehead atoms. The minimum atomic E-state index is -0.482. The van der Waals surface area contributed by atoms with Crippen LogP contribution in [0.5, 0.6) is 0 Å². The molecule has 0 spiro atoms. The molecule has 0 fully saturated rings. The van der Waals surface area contributed by atoms with Crippen molar-refractivity contribution in [2.24, 2.45) is 0 Å². The van der Waals surface area contributed by atoms with Gasteiger partial charge in [-0.3, -0.25) is 10.1 Å². The molecule has 0 radical (unpaired) electrons. The van der Waals surface area contributed by atoms with Gasteiger partial charge >= 0.3 is 0 Å². The highest BCUT2D eigenvalue weighted by Gasteiger charge is 2.16. The number of rotatable bonds is 3. The molecule has 2 heterocycles. The molecule has 2 aromatic heterocycles. The third-order valence-corrected chi connectivity index (χ3v) is 3.30. The fraction of sp³-hybridized carbons (Fsp3) is 0. The topological polar surface area (TPSA) is 119 Å². The lowest BCUT2D eigenvalue weighted by Gasteiger charge is -2.08. The fourth-order valence-corrected chi connectivity index (χ4v) is 2.24. The van der Waals surface area contributed by atoms with E-state index in [-0.39, 0.29) is 17.1 Å². The maximum atomic E-state index is 10.9. The van der Waals surface area contributed by atoms with Gasteiger partial charge in [-0.2, -0.15) is 5.26 Å². The minimum absolute atomic E-state index is 0.0444. The standard InChI is InChI=1S/C16H10N4O3/c17-9-13-12(15-5-2-6-23-15)8-14(19-16(13)18)10-3-1-4-11(7-10)20(21)22/h1-8H,(H2,18,19). The number of aromatic nitrogens is 1. The van der Waals surface area contributed by atoms with Crippen molar-refractivity contribution in [1.29, 1.82) is 5.26 Å². The molecule has 112 valence electrons. The Kier molecular flexibility index (Phi) is 3.49. The molecule has 0 atom stereocenters. The normalized spacial score (nSPS) is 10.2. The molecule has 0 saturated carbocycles. The van der Waals surface area contributed by atoms with E-state index < -0.39 is 4.92 Å². The van der Waals surface area contributed by atoms with Crippen LogP contribution in [0.15, 0.2) is 53.1 Å². The molecule has 0 unspecified atom stereocenters. The molecule has 0 saturated heterocycles. The molecule has 7 heteroatoms. The van der Waals surface area contributed by atoms with Crippen LogP contribution in [0.4, 0.5) is 11.5 Å². The summed E-state index contributed by atoms with van der Waals surface area (Å²) >= 11 is 0. The molecule has 3 aromatic rings. The number of nitro groups is 1. The van der Waals surface area contributed by atoms with E-state index in [0.29, 0.717) is 22.6 Å². The van der Waals surface area contributed by atoms with Gasteiger partial charge in [-0.05, 0) is 18.2 Å². The lowest BCUT2D eigenvalue weighted by molar-refractivity contribution is -0.384. The van der Waals surface area contributed by atoms with Crippen molar-refractivity contribution in [3.05, 3.63) is 64.4 Å². The number of pyridine rings is 1. The van der Waals surface area contributed by atoms with Crippen molar-refractivity contribution in [3.8, 4) is 28.7 Å². The monoisotopic (exact) mass is 306 g/mol. The highest BCUT2D eigenvalue weighted by atomic mass is 16.6. The van der Waals surface area contributed by atoms with E-state index >= 15 is 0 Å². The van der Waals surface area contributed by atoms with Gasteiger partial charge in [0.05, 0.1) is 16.9 Å². The Morgan fingerprint density at radius 2 is 2.09 bits per heavy atom. The number of hydrogen-bond donors (Lipinski definition) is 1. The maximum absolute atomic E-state index is 10.9. The molecule has 7 nitrogen and oxygen atoms in total. The Bertz CT molecular complexity index is 927. The van der Waals surface area contributed by atoms with Gasteiger partial charge in [-0.1, -0.05) is 12.1 Å². The zero-order chi connectivity index (χ0) is 16.4. The Labute approximate surface area is 130 Å². The van der Waals surface area contributed by atoms with Crippen LogP contribution in [0.1, 0.15) is 5.56 Å². The first-order valence-corrected chi connectivity index (χ1v) is 6.59. The van der Waals surface area contributed by atoms with Gasteiger partial charge in [0.25, 0.3) is 5.69 Å². The van der Waals surface area contributed by atoms with Crippen LogP contribution in [-0.4, -0.2) is 9.91 Å². The smallest absolute Gasteiger partial charge is 0.270 e. The first-order valence-electron chi connectivity index (χ1n) is 6.59. The van der Waals surface area contributed by atoms with Crippen LogP contribution in [0.25, 0.3) is 22.6 Å². The summed E-state index contributed by atoms with van der Waals surface area (Å²) in [6, 6.07) is 13.1. The van der Waals surface area contributed by atoms with Gasteiger partial charge in [-0.25, -0.2) is 4.98 Å². The zero-order valence-corrected chi connectivity index (χ0v) is 11.8. The second kappa shape index (κ2) is 5.61. The number of nitrogen functional groups attached to an aromatic ring is 1. The summed E-state index contributed by atoms with van der Waals surface area (Å²) in [6.07, 6.45) is 1.49. The molecule has 0 amide bonds. The van der Waals surface area contributed by atoms with E-state index in [4.69, 9.17) is 10.2 Å². The lowest BCUT2D eigenvalue weighted by atomic mass is 10.0. The van der Waals surface area contributed by atoms with Crippen LogP contribution in [-0.2, 0) is 0 Å². The molecule has 0 aliphatic carbocycles. The number of nitriles is 1. The van der Waals surface area contributed by atoms with Crippen LogP contribution >= 0.6 is 0 Å². The predicted molar refractivity (Wildman–Crippen MR) is 83.2 cm³/mol. The number of furan rings is 1. The summed E-state index contributed by atoms with van der Waals surface area (Å²) in [5, 5.41) is 20.2. The minimum Gasteiger partial charge on any atom is -0.464 e. The largest absolute Gasteiger partial charge is 0.464 e. The van der Waals surface area contributed by atoms with Crippen LogP contribution in [0.2, 0.25) is 0 Å². The van der Waals surface area contributed by atoms with Crippen molar-refractivity contribution >= 4 is 11.5 Å². The number of non-ortho nitro benzene ring substituents is 1. The third kappa shape index (κ3) is 2.61. The Balaban J connectivity index is 2.20. The van der Waals surface area contributed by atoms with Gasteiger partial charge in [0, 0.05) is 23.3 Å². The quantitative estimate of drug-likeness (QED) is 0.585. The third-order valence-electron chi connectivity index (χ3n) is 3.30. The number of hydrogen-bond acceptors (Lipinski definition) is 6. The van der Waals surface area contributed by atoms with E-state index in [1.807, 2.05) is 6.07 Å². The summed E-state index contributed by atoms with van der Waals surface area (Å²) in [6.45, 7) is 0. The summed E-state index contributed by atoms with van der Waals surface area (Å²) in [4.78, 5) is 14.6. The molecule has 1 aromatic carbocycles. The number of nitro benzene ring substituents is 1. The van der Waals surface area contributed by atoms with Gasteiger partial charge in [0.2, 0.25) is 0 Å². The van der Waals surface area contributed by atoms with E-state index in [0.717, 1.165) is 0 Å². The Morgan fingerprint density at radius 3 is 2.74 bits per heavy atom. The van der Waals surface area contributed by atoms with Crippen molar-refractivity contribution in [3.63, 3.8) is 0 Å². The van der Waals surface area contributed by atoms with E-state index in [2.05, 4.69) is 4.98 Å². The maximum Gasteiger partial charge on any atom is 0.270 e. The van der Waals surface area contributed by atoms with Gasteiger partial charge < -0.3 is 10.2 Å². The van der Waals surface area contributed by atoms with Crippen LogP contribution in [0.3, 0.4) is 0 Å². The van der Waals surface area contributed by atoms with E-state index in [1.165, 1.54) is 18.4 Å². The molecule has 0 aliphatic rings. The highest BCUT2D eigenvalue weighted by Crippen LogP contribution is 2.32. The Morgan fingerprint density at radius 1 is 1.26 bits per heavy atom. The average molecular weight is 306 g/mol. The first-order chi connectivity index (χ1) is 11.1. The van der Waals surface area contributed by atoms with Crippen molar-refractivity contribution in [2.45, 2.75) is 0 Å². The number of nitrogens with two attached hydrogens (primary N) is 1. The van der Waals surface area contributed by atoms with Gasteiger partial charge in [-0.15, -0.1) is 0 Å². The van der Waals surface area contributed by atoms with Crippen LogP contribution < -0.4 is 5.73 Å². The number of anilines is 1. The summed E-state index contributed by atoms with van der Waals surface area (Å²) in [5.41, 5.74) is 7.47. The van der Waals surface area contributed by atoms with Gasteiger partial charge in [0.1, 0.15) is 23.2 Å². The fourth-order valence-electron chi connectivity index (χ4n) is 2.24. The van der Waals surface area contributed by atoms with Crippen molar-refractivity contribution in [1.82, 2.24) is 4.98 Å². The zero-order valence-electron chi connectivity index (χ0n) is 11.8. The van der Waals surface area contributed by atoms with Crippen molar-refractivity contribution < 1.29 is 9.34 Å². The molecular formula is C16H10N4O3. The molecule has 0 aliphatic heterocycles. The van der Waals surface area contributed by atoms with E-state index in [9.17, 15) is 15.4 Å². The summed E-state index contributed by atoms with van der Waals surface area (Å²) < 4.78 is 5.33. The number of benzene rings is 1.